The van der Waals surface area contributed by atoms with Crippen LogP contribution in [0.3, 0.4) is 0 Å². The Labute approximate surface area is 283 Å². The average molecular weight is 797 g/mol. The van der Waals surface area contributed by atoms with E-state index in [2.05, 4.69) is 30.3 Å². The van der Waals surface area contributed by atoms with Crippen LogP contribution in [0.4, 0.5) is 17.2 Å². The van der Waals surface area contributed by atoms with E-state index in [1.165, 1.54) is 31.5 Å². The van der Waals surface area contributed by atoms with Gasteiger partial charge in [-0.25, -0.2) is 14.8 Å². The van der Waals surface area contributed by atoms with Gasteiger partial charge in [0.15, 0.2) is 5.16 Å². The first-order chi connectivity index (χ1) is 21.4. The molecule has 0 atom stereocenters. The average Bonchev–Trinajstić information content (AvgIpc) is 3.03. The van der Waals surface area contributed by atoms with E-state index in [0.29, 0.717) is 40.7 Å². The zero-order valence-electron chi connectivity index (χ0n) is 25.4. The second-order valence-corrected chi connectivity index (χ2v) is 12.1. The maximum absolute atomic E-state index is 13.0. The van der Waals surface area contributed by atoms with Crippen LogP contribution in [0.5, 0.6) is 0 Å². The minimum atomic E-state index is -0.162. The number of piperazine rings is 1. The van der Waals surface area contributed by atoms with E-state index in [4.69, 9.17) is 17.3 Å². The van der Waals surface area contributed by atoms with Crippen LogP contribution >= 0.6 is 11.8 Å². The van der Waals surface area contributed by atoms with Crippen molar-refractivity contribution < 1.29 is 30.7 Å². The number of piperidine rings is 1. The predicted molar refractivity (Wildman–Crippen MR) is 173 cm³/mol. The molecule has 0 unspecified atom stereocenters. The molecule has 0 radical (unpaired) electrons. The molecule has 2 fully saturated rings. The summed E-state index contributed by atoms with van der Waals surface area (Å²) in [5, 5.41) is 7.63. The van der Waals surface area contributed by atoms with E-state index < -0.39 is 0 Å². The molecule has 11 nitrogen and oxygen atoms in total. The molecule has 45 heavy (non-hydrogen) atoms. The number of nitrogens with one attached hydrogen (secondary N) is 1. The van der Waals surface area contributed by atoms with Crippen molar-refractivity contribution in [2.24, 2.45) is 5.92 Å². The second-order valence-electron chi connectivity index (χ2n) is 11.2. The molecule has 0 aliphatic carbocycles. The van der Waals surface area contributed by atoms with Crippen LogP contribution in [0, 0.1) is 12.5 Å². The van der Waals surface area contributed by atoms with Crippen molar-refractivity contribution in [2.75, 3.05) is 56.9 Å². The maximum atomic E-state index is 13.0. The van der Waals surface area contributed by atoms with Crippen LogP contribution in [-0.2, 0) is 42.8 Å². The minimum absolute atomic E-state index is 0. The predicted octanol–water partition coefficient (Wildman–Crippen LogP) is 4.78. The molecule has 2 aliphatic rings. The molecule has 5 rings (SSSR count). The van der Waals surface area contributed by atoms with Gasteiger partial charge in [0.2, 0.25) is 11.8 Å². The summed E-state index contributed by atoms with van der Waals surface area (Å²) in [4.78, 5) is 46.1. The van der Waals surface area contributed by atoms with E-state index >= 15 is 0 Å². The minimum Gasteiger partial charge on any atom is -0.662 e. The molecule has 13 heteroatoms. The van der Waals surface area contributed by atoms with Gasteiger partial charge >= 0.3 is 0 Å². The van der Waals surface area contributed by atoms with Gasteiger partial charge in [-0.05, 0) is 42.2 Å². The third-order valence-electron chi connectivity index (χ3n) is 7.92. The first-order valence-electron chi connectivity index (χ1n) is 15.0. The Hall–Kier alpha value is -3.36. The van der Waals surface area contributed by atoms with Gasteiger partial charge < -0.3 is 21.3 Å². The summed E-state index contributed by atoms with van der Waals surface area (Å²) in [6, 6.07) is 12.9. The van der Waals surface area contributed by atoms with Crippen LogP contribution in [0.25, 0.3) is 21.4 Å². The number of amides is 2. The Morgan fingerprint density at radius 2 is 1.76 bits per heavy atom. The van der Waals surface area contributed by atoms with Gasteiger partial charge in [-0.1, -0.05) is 42.8 Å². The Bertz CT molecular complexity index is 1500. The Kier molecular flexibility index (Phi) is 12.9. The fourth-order valence-electron chi connectivity index (χ4n) is 5.55. The number of nitrogens with zero attached hydrogens (tertiary/aromatic N) is 7. The van der Waals surface area contributed by atoms with Gasteiger partial charge in [0.05, 0.1) is 18.0 Å². The van der Waals surface area contributed by atoms with Gasteiger partial charge in [-0.3, -0.25) is 19.5 Å². The van der Waals surface area contributed by atoms with Crippen LogP contribution < -0.4 is 11.1 Å². The van der Waals surface area contributed by atoms with E-state index in [9.17, 15) is 9.59 Å². The number of hydrogen-bond acceptors (Lipinski definition) is 8. The Balaban J connectivity index is 0.00000461. The van der Waals surface area contributed by atoms with Crippen molar-refractivity contribution in [1.82, 2.24) is 24.8 Å². The second kappa shape index (κ2) is 16.8. The van der Waals surface area contributed by atoms with Crippen molar-refractivity contribution in [1.29, 1.82) is 0 Å². The first kappa shape index (κ1) is 34.5. The molecule has 236 valence electrons. The van der Waals surface area contributed by atoms with Crippen molar-refractivity contribution in [2.45, 2.75) is 43.5 Å². The summed E-state index contributed by atoms with van der Waals surface area (Å²) in [5.41, 5.74) is 9.85. The SMILES string of the molecule is [C-]#[N+]c1c(N)nc(SCc2cccc(CCC(=O)N3CCN(CC4CC[N-]CC4)CC3)n2)nc1-c1ccc(NC(C)=O)cc1.[W]. The molecule has 4 heterocycles. The summed E-state index contributed by atoms with van der Waals surface area (Å²) in [7, 11) is 0. The van der Waals surface area contributed by atoms with Gasteiger partial charge in [-0.2, -0.15) is 0 Å². The van der Waals surface area contributed by atoms with Crippen LogP contribution in [0.1, 0.15) is 37.6 Å². The quantitative estimate of drug-likeness (QED) is 0.170. The number of nitrogen functional groups attached to an aromatic ring is 1. The molecule has 3 aromatic rings. The molecule has 0 bridgehead atoms. The number of anilines is 2. The van der Waals surface area contributed by atoms with Gasteiger partial charge in [0.25, 0.3) is 5.69 Å². The van der Waals surface area contributed by atoms with Crippen LogP contribution in [-0.4, -0.2) is 82.4 Å². The first-order valence-corrected chi connectivity index (χ1v) is 16.0. The van der Waals surface area contributed by atoms with Crippen LogP contribution in [0.15, 0.2) is 47.6 Å². The van der Waals surface area contributed by atoms with E-state index in [-0.39, 0.29) is 44.4 Å². The molecule has 3 N–H and O–H groups in total. The summed E-state index contributed by atoms with van der Waals surface area (Å²) < 4.78 is 0. The van der Waals surface area contributed by atoms with Crippen LogP contribution in [0.2, 0.25) is 0 Å². The Morgan fingerprint density at radius 3 is 2.44 bits per heavy atom. The normalized spacial score (nSPS) is 15.6. The number of hydrogen-bond donors (Lipinski definition) is 2. The standard InChI is InChI=1S/C32H38N9O2S.W/c1-22(42)36-26-8-6-24(7-9-26)29-30(34-2)31(33)39-32(38-29)44-21-27-5-3-4-25(37-27)10-11-28(43)41-18-16-40(17-19-41)20-23-12-14-35-15-13-23;/h3-9,23H,10-21H2,1H3,(H,36,42)(H2,33,38,39);/q-1;. The third-order valence-corrected chi connectivity index (χ3v) is 8.80. The largest absolute Gasteiger partial charge is 0.662 e. The Morgan fingerprint density at radius 1 is 1.04 bits per heavy atom. The molecule has 0 spiro atoms. The number of thioether (sulfide) groups is 1. The summed E-state index contributed by atoms with van der Waals surface area (Å²) in [6.07, 6.45) is 3.41. The number of aryl methyl sites for hydroxylation is 1. The molecule has 2 saturated heterocycles. The maximum Gasteiger partial charge on any atom is 0.253 e. The topological polar surface area (TPSA) is 136 Å². The van der Waals surface area contributed by atoms with Gasteiger partial charge in [0.1, 0.15) is 5.82 Å². The molecule has 2 aliphatic heterocycles. The fourth-order valence-corrected chi connectivity index (χ4v) is 6.31. The van der Waals surface area contributed by atoms with Gasteiger partial charge in [-0.15, -0.1) is 13.1 Å². The van der Waals surface area contributed by atoms with Crippen molar-refractivity contribution in [3.05, 3.63) is 70.6 Å². The number of nitrogens with two attached hydrogens (primary N) is 1. The summed E-state index contributed by atoms with van der Waals surface area (Å²) in [6.45, 7) is 15.6. The molecule has 2 aromatic heterocycles. The van der Waals surface area contributed by atoms with E-state index in [1.807, 2.05) is 23.1 Å². The zero-order chi connectivity index (χ0) is 30.9. The molecule has 0 saturated carbocycles. The third kappa shape index (κ3) is 9.81. The molecular formula is C32H38N9O2SW-. The number of carbonyl (C=O) groups excluding carboxylic acids is 2. The number of carbonyl (C=O) groups is 2. The zero-order valence-corrected chi connectivity index (χ0v) is 29.2. The molecule has 1 aromatic carbocycles. The number of aromatic nitrogens is 3. The fraction of sp³-hybridized carbons (Fsp3) is 0.438. The van der Waals surface area contributed by atoms with E-state index in [1.54, 1.807) is 24.3 Å². The van der Waals surface area contributed by atoms with Crippen molar-refractivity contribution >= 4 is 40.8 Å². The number of rotatable bonds is 10. The smallest absolute Gasteiger partial charge is 0.253 e. The number of benzene rings is 1. The summed E-state index contributed by atoms with van der Waals surface area (Å²) >= 11 is 1.39. The molecule has 2 amide bonds. The van der Waals surface area contributed by atoms with E-state index in [0.717, 1.165) is 63.1 Å². The monoisotopic (exact) mass is 796 g/mol. The van der Waals surface area contributed by atoms with Crippen molar-refractivity contribution in [3.8, 4) is 11.3 Å². The number of pyridine rings is 1. The molecular weight excluding hydrogens is 758 g/mol. The summed E-state index contributed by atoms with van der Waals surface area (Å²) in [5.74, 6) is 1.39. The van der Waals surface area contributed by atoms with Gasteiger partial charge in [0, 0.05) is 84.3 Å². The van der Waals surface area contributed by atoms with Crippen molar-refractivity contribution in [3.63, 3.8) is 0 Å².